The van der Waals surface area contributed by atoms with Gasteiger partial charge in [0.1, 0.15) is 5.82 Å². The molecule has 5 heteroatoms. The van der Waals surface area contributed by atoms with Gasteiger partial charge in [-0.15, -0.1) is 11.6 Å². The van der Waals surface area contributed by atoms with Crippen molar-refractivity contribution in [3.05, 3.63) is 29.0 Å². The molecule has 0 fully saturated rings. The molecule has 1 heterocycles. The highest BCUT2D eigenvalue weighted by Gasteiger charge is 2.19. The molecule has 1 aromatic heterocycles. The molecule has 0 aliphatic heterocycles. The van der Waals surface area contributed by atoms with E-state index in [2.05, 4.69) is 23.4 Å². The average molecular weight is 317 g/mol. The van der Waals surface area contributed by atoms with Crippen molar-refractivity contribution in [2.24, 2.45) is 0 Å². The zero-order chi connectivity index (χ0) is 14.0. The fourth-order valence-electron chi connectivity index (χ4n) is 2.20. The molecule has 0 aliphatic rings. The first-order valence-electron chi connectivity index (χ1n) is 6.43. The van der Waals surface area contributed by atoms with Crippen LogP contribution in [-0.2, 0) is 0 Å². The summed E-state index contributed by atoms with van der Waals surface area (Å²) in [5.41, 5.74) is 2.03. The molecule has 1 aromatic carbocycles. The van der Waals surface area contributed by atoms with E-state index < -0.39 is 0 Å². The number of imidazole rings is 1. The summed E-state index contributed by atoms with van der Waals surface area (Å²) in [6, 6.07) is 6.20. The van der Waals surface area contributed by atoms with Crippen LogP contribution in [0.1, 0.15) is 38.0 Å². The Hall–Kier alpha value is -0.380. The third kappa shape index (κ3) is 3.21. The van der Waals surface area contributed by atoms with Crippen molar-refractivity contribution in [1.29, 1.82) is 0 Å². The number of hydrogen-bond donors (Lipinski definition) is 0. The van der Waals surface area contributed by atoms with Gasteiger partial charge in [0, 0.05) is 16.8 Å². The molecule has 0 amide bonds. The highest BCUT2D eigenvalue weighted by molar-refractivity contribution is 7.99. The van der Waals surface area contributed by atoms with Crippen molar-refractivity contribution < 1.29 is 0 Å². The maximum absolute atomic E-state index is 6.27. The number of hydrogen-bond acceptors (Lipinski definition) is 2. The molecule has 2 aromatic rings. The number of rotatable bonds is 5. The van der Waals surface area contributed by atoms with Gasteiger partial charge in [-0.05, 0) is 37.8 Å². The van der Waals surface area contributed by atoms with Gasteiger partial charge in [0.25, 0.3) is 0 Å². The second-order valence-corrected chi connectivity index (χ2v) is 7.01. The normalized spacial score (nSPS) is 14.8. The van der Waals surface area contributed by atoms with E-state index in [4.69, 9.17) is 23.2 Å². The van der Waals surface area contributed by atoms with Gasteiger partial charge in [-0.1, -0.05) is 18.5 Å². The standard InChI is InChI=1S/C14H18Cl2N2S/c1-4-19-8-9(2)18-13-6-5-11(16)7-12(13)17-14(18)10(3)15/h5-7,9-10H,4,8H2,1-3H3. The number of halogens is 2. The van der Waals surface area contributed by atoms with Crippen molar-refractivity contribution in [1.82, 2.24) is 9.55 Å². The van der Waals surface area contributed by atoms with Gasteiger partial charge in [-0.2, -0.15) is 11.8 Å². The van der Waals surface area contributed by atoms with Crippen molar-refractivity contribution in [2.45, 2.75) is 32.2 Å². The molecule has 0 spiro atoms. The molecular formula is C14H18Cl2N2S. The highest BCUT2D eigenvalue weighted by atomic mass is 35.5. The van der Waals surface area contributed by atoms with Gasteiger partial charge in [0.05, 0.1) is 16.4 Å². The van der Waals surface area contributed by atoms with Crippen LogP contribution in [0.5, 0.6) is 0 Å². The second kappa shape index (κ2) is 6.38. The maximum atomic E-state index is 6.27. The summed E-state index contributed by atoms with van der Waals surface area (Å²) in [5, 5.41) is 0.599. The van der Waals surface area contributed by atoms with E-state index in [0.29, 0.717) is 11.1 Å². The van der Waals surface area contributed by atoms with Crippen LogP contribution < -0.4 is 0 Å². The van der Waals surface area contributed by atoms with Crippen molar-refractivity contribution in [2.75, 3.05) is 11.5 Å². The fourth-order valence-corrected chi connectivity index (χ4v) is 3.24. The summed E-state index contributed by atoms with van der Waals surface area (Å²) in [7, 11) is 0. The summed E-state index contributed by atoms with van der Waals surface area (Å²) in [5.74, 6) is 3.10. The fraction of sp³-hybridized carbons (Fsp3) is 0.500. The van der Waals surface area contributed by atoms with Crippen LogP contribution in [0, 0.1) is 0 Å². The van der Waals surface area contributed by atoms with E-state index in [9.17, 15) is 0 Å². The van der Waals surface area contributed by atoms with Crippen LogP contribution in [0.4, 0.5) is 0 Å². The van der Waals surface area contributed by atoms with Crippen LogP contribution in [0.2, 0.25) is 5.02 Å². The van der Waals surface area contributed by atoms with Gasteiger partial charge < -0.3 is 4.57 Å². The molecule has 0 radical (unpaired) electrons. The van der Waals surface area contributed by atoms with Crippen LogP contribution in [0.3, 0.4) is 0 Å². The highest BCUT2D eigenvalue weighted by Crippen LogP contribution is 2.30. The number of benzene rings is 1. The SMILES string of the molecule is CCSCC(C)n1c(C(C)Cl)nc2cc(Cl)ccc21. The minimum absolute atomic E-state index is 0.111. The van der Waals surface area contributed by atoms with E-state index in [1.807, 2.05) is 36.9 Å². The van der Waals surface area contributed by atoms with Crippen LogP contribution in [-0.4, -0.2) is 21.1 Å². The molecule has 2 unspecified atom stereocenters. The van der Waals surface area contributed by atoms with Crippen LogP contribution in [0.15, 0.2) is 18.2 Å². The van der Waals surface area contributed by atoms with Gasteiger partial charge in [0.15, 0.2) is 0 Å². The molecule has 0 bridgehead atoms. The van der Waals surface area contributed by atoms with E-state index >= 15 is 0 Å². The Kier molecular flexibility index (Phi) is 5.04. The minimum Gasteiger partial charge on any atom is -0.323 e. The average Bonchev–Trinajstić information content (AvgIpc) is 2.74. The second-order valence-electron chi connectivity index (χ2n) is 4.60. The monoisotopic (exact) mass is 316 g/mol. The third-order valence-electron chi connectivity index (χ3n) is 3.04. The number of aromatic nitrogens is 2. The number of nitrogens with zero attached hydrogens (tertiary/aromatic N) is 2. The lowest BCUT2D eigenvalue weighted by Gasteiger charge is -2.18. The van der Waals surface area contributed by atoms with Gasteiger partial charge >= 0.3 is 0 Å². The molecule has 0 aliphatic carbocycles. The van der Waals surface area contributed by atoms with Gasteiger partial charge in [0.2, 0.25) is 0 Å². The topological polar surface area (TPSA) is 17.8 Å². The summed E-state index contributed by atoms with van der Waals surface area (Å²) >= 11 is 14.2. The zero-order valence-corrected chi connectivity index (χ0v) is 13.7. The molecule has 2 atom stereocenters. The molecule has 0 saturated carbocycles. The Bertz CT molecular complexity index is 566. The Morgan fingerprint density at radius 1 is 1.37 bits per heavy atom. The van der Waals surface area contributed by atoms with Crippen molar-refractivity contribution in [3.63, 3.8) is 0 Å². The minimum atomic E-state index is -0.111. The molecular weight excluding hydrogens is 299 g/mol. The predicted octanol–water partition coefficient (Wildman–Crippen LogP) is 5.30. The van der Waals surface area contributed by atoms with Crippen LogP contribution >= 0.6 is 35.0 Å². The molecule has 19 heavy (non-hydrogen) atoms. The Morgan fingerprint density at radius 3 is 2.74 bits per heavy atom. The van der Waals surface area contributed by atoms with E-state index in [1.165, 1.54) is 0 Å². The molecule has 2 nitrogen and oxygen atoms in total. The zero-order valence-electron chi connectivity index (χ0n) is 11.4. The Balaban J connectivity index is 2.51. The Labute approximate surface area is 128 Å². The summed E-state index contributed by atoms with van der Waals surface area (Å²) in [6.07, 6.45) is 0. The quantitative estimate of drug-likeness (QED) is 0.696. The number of fused-ring (bicyclic) bond motifs is 1. The van der Waals surface area contributed by atoms with E-state index in [0.717, 1.165) is 28.4 Å². The lowest BCUT2D eigenvalue weighted by Crippen LogP contribution is -2.12. The van der Waals surface area contributed by atoms with Crippen molar-refractivity contribution >= 4 is 46.0 Å². The molecule has 2 rings (SSSR count). The first kappa shape index (κ1) is 15.0. The van der Waals surface area contributed by atoms with E-state index in [1.54, 1.807) is 0 Å². The van der Waals surface area contributed by atoms with Gasteiger partial charge in [-0.25, -0.2) is 4.98 Å². The number of alkyl halides is 1. The lowest BCUT2D eigenvalue weighted by atomic mass is 10.3. The molecule has 0 saturated heterocycles. The Morgan fingerprint density at radius 2 is 2.11 bits per heavy atom. The summed E-state index contributed by atoms with van der Waals surface area (Å²) < 4.78 is 2.24. The van der Waals surface area contributed by atoms with Crippen molar-refractivity contribution in [3.8, 4) is 0 Å². The first-order chi connectivity index (χ1) is 9.04. The van der Waals surface area contributed by atoms with Gasteiger partial charge in [-0.3, -0.25) is 0 Å². The smallest absolute Gasteiger partial charge is 0.127 e. The molecule has 0 N–H and O–H groups in total. The third-order valence-corrected chi connectivity index (χ3v) is 4.60. The summed E-state index contributed by atoms with van der Waals surface area (Å²) in [6.45, 7) is 6.34. The number of thioether (sulfide) groups is 1. The largest absolute Gasteiger partial charge is 0.323 e. The van der Waals surface area contributed by atoms with E-state index in [-0.39, 0.29) is 5.38 Å². The predicted molar refractivity (Wildman–Crippen MR) is 86.7 cm³/mol. The maximum Gasteiger partial charge on any atom is 0.127 e. The first-order valence-corrected chi connectivity index (χ1v) is 8.40. The molecule has 104 valence electrons. The van der Waals surface area contributed by atoms with Crippen LogP contribution in [0.25, 0.3) is 11.0 Å². The summed E-state index contributed by atoms with van der Waals surface area (Å²) in [4.78, 5) is 4.64. The lowest BCUT2D eigenvalue weighted by molar-refractivity contribution is 0.593.